The van der Waals surface area contributed by atoms with Gasteiger partial charge in [-0.25, -0.2) is 0 Å². The van der Waals surface area contributed by atoms with Gasteiger partial charge < -0.3 is 9.84 Å². The topological polar surface area (TPSA) is 32.7 Å². The lowest BCUT2D eigenvalue weighted by Gasteiger charge is -2.21. The van der Waals surface area contributed by atoms with Gasteiger partial charge in [0.15, 0.2) is 0 Å². The maximum absolute atomic E-state index is 9.94. The van der Waals surface area contributed by atoms with Crippen LogP contribution in [-0.4, -0.2) is 36.8 Å². The highest BCUT2D eigenvalue weighted by atomic mass is 79.9. The van der Waals surface area contributed by atoms with Gasteiger partial charge in [0.05, 0.1) is 13.2 Å². The highest BCUT2D eigenvalue weighted by molar-refractivity contribution is 9.10. The Hall–Kier alpha value is -0.580. The van der Waals surface area contributed by atoms with E-state index < -0.39 is 0 Å². The van der Waals surface area contributed by atoms with E-state index >= 15 is 0 Å². The fraction of sp³-hybridized carbons (Fsp3) is 0.571. The molecule has 0 saturated heterocycles. The molecular weight excluding hydrogens is 294 g/mol. The predicted octanol–water partition coefficient (Wildman–Crippen LogP) is 2.66. The van der Waals surface area contributed by atoms with Crippen LogP contribution < -0.4 is 4.74 Å². The molecule has 1 unspecified atom stereocenters. The van der Waals surface area contributed by atoms with E-state index in [1.165, 1.54) is 12.8 Å². The number of rotatable bonds is 6. The number of benzene rings is 1. The number of methoxy groups -OCH3 is 1. The maximum Gasteiger partial charge on any atom is 0.123 e. The molecule has 3 nitrogen and oxygen atoms in total. The number of hydrogen-bond donors (Lipinski definition) is 1. The van der Waals surface area contributed by atoms with Crippen LogP contribution in [0.2, 0.25) is 0 Å². The lowest BCUT2D eigenvalue weighted by molar-refractivity contribution is 0.104. The number of halogens is 1. The molecule has 0 radical (unpaired) electrons. The molecule has 1 fully saturated rings. The highest BCUT2D eigenvalue weighted by Gasteiger charge is 2.30. The molecule has 0 aromatic heterocycles. The average molecular weight is 314 g/mol. The van der Waals surface area contributed by atoms with Crippen molar-refractivity contribution in [3.63, 3.8) is 0 Å². The molecule has 1 aliphatic carbocycles. The molecule has 4 heteroatoms. The normalized spacial score (nSPS) is 16.9. The van der Waals surface area contributed by atoms with Gasteiger partial charge in [0, 0.05) is 23.1 Å². The molecule has 1 aliphatic rings. The number of ether oxygens (including phenoxy) is 1. The predicted molar refractivity (Wildman–Crippen MR) is 75.8 cm³/mol. The Balaban J connectivity index is 1.96. The summed E-state index contributed by atoms with van der Waals surface area (Å²) in [7, 11) is 3.72. The van der Waals surface area contributed by atoms with E-state index in [-0.39, 0.29) is 6.10 Å². The Bertz CT molecular complexity index is 407. The van der Waals surface area contributed by atoms with Crippen molar-refractivity contribution in [2.45, 2.75) is 25.5 Å². The van der Waals surface area contributed by atoms with E-state index in [1.807, 2.05) is 19.2 Å². The third-order valence-corrected chi connectivity index (χ3v) is 3.84. The smallest absolute Gasteiger partial charge is 0.123 e. The molecular formula is C14H20BrNO2. The Morgan fingerprint density at radius 3 is 2.83 bits per heavy atom. The Morgan fingerprint density at radius 2 is 2.22 bits per heavy atom. The van der Waals surface area contributed by atoms with Gasteiger partial charge in [-0.15, -0.1) is 0 Å². The van der Waals surface area contributed by atoms with Crippen LogP contribution in [0.5, 0.6) is 5.75 Å². The van der Waals surface area contributed by atoms with Gasteiger partial charge in [0.2, 0.25) is 0 Å². The Kier molecular flexibility index (Phi) is 4.65. The molecule has 0 amide bonds. The molecule has 1 atom stereocenters. The molecule has 1 N–H and O–H groups in total. The highest BCUT2D eigenvalue weighted by Crippen LogP contribution is 2.33. The summed E-state index contributed by atoms with van der Waals surface area (Å²) in [5, 5.41) is 9.94. The fourth-order valence-electron chi connectivity index (χ4n) is 2.18. The minimum Gasteiger partial charge on any atom is -0.496 e. The third-order valence-electron chi connectivity index (χ3n) is 3.35. The second kappa shape index (κ2) is 6.04. The molecule has 1 aromatic carbocycles. The van der Waals surface area contributed by atoms with Gasteiger partial charge >= 0.3 is 0 Å². The van der Waals surface area contributed by atoms with Crippen molar-refractivity contribution in [2.75, 3.05) is 20.7 Å². The van der Waals surface area contributed by atoms with E-state index in [2.05, 4.69) is 26.9 Å². The van der Waals surface area contributed by atoms with Crippen molar-refractivity contribution in [2.24, 2.45) is 5.92 Å². The summed E-state index contributed by atoms with van der Waals surface area (Å²) in [5.74, 6) is 1.42. The van der Waals surface area contributed by atoms with E-state index in [1.54, 1.807) is 7.11 Å². The number of likely N-dealkylation sites (N-methyl/N-ethyl adjacent to an activating group) is 1. The van der Waals surface area contributed by atoms with Crippen LogP contribution in [0.1, 0.15) is 18.4 Å². The van der Waals surface area contributed by atoms with Crippen molar-refractivity contribution in [3.8, 4) is 5.75 Å². The lowest BCUT2D eigenvalue weighted by atomic mass is 10.1. The summed E-state index contributed by atoms with van der Waals surface area (Å²) in [5.41, 5.74) is 1.14. The first-order chi connectivity index (χ1) is 8.60. The van der Waals surface area contributed by atoms with Crippen molar-refractivity contribution in [1.82, 2.24) is 4.90 Å². The number of aliphatic hydroxyl groups excluding tert-OH is 1. The largest absolute Gasteiger partial charge is 0.496 e. The summed E-state index contributed by atoms with van der Waals surface area (Å²) < 4.78 is 6.41. The first-order valence-corrected chi connectivity index (χ1v) is 7.08. The van der Waals surface area contributed by atoms with Crippen molar-refractivity contribution >= 4 is 15.9 Å². The summed E-state index contributed by atoms with van der Waals surface area (Å²) in [6.45, 7) is 1.51. The average Bonchev–Trinajstić information content (AvgIpc) is 3.12. The van der Waals surface area contributed by atoms with Gasteiger partial charge in [0.1, 0.15) is 5.75 Å². The number of hydrogen-bond acceptors (Lipinski definition) is 3. The zero-order chi connectivity index (χ0) is 13.1. The first-order valence-electron chi connectivity index (χ1n) is 6.29. The van der Waals surface area contributed by atoms with Crippen LogP contribution in [0, 0.1) is 5.92 Å². The van der Waals surface area contributed by atoms with Crippen molar-refractivity contribution < 1.29 is 9.84 Å². The SMILES string of the molecule is COc1ccc(Br)cc1CN(C)CC(O)C1CC1. The monoisotopic (exact) mass is 313 g/mol. The Morgan fingerprint density at radius 1 is 1.50 bits per heavy atom. The minimum absolute atomic E-state index is 0.187. The van der Waals surface area contributed by atoms with Crippen LogP contribution in [0.3, 0.4) is 0 Å². The molecule has 100 valence electrons. The van der Waals surface area contributed by atoms with Gasteiger partial charge in [0.25, 0.3) is 0 Å². The summed E-state index contributed by atoms with van der Waals surface area (Å²) in [6, 6.07) is 6.00. The van der Waals surface area contributed by atoms with Crippen molar-refractivity contribution in [1.29, 1.82) is 0 Å². The summed E-state index contributed by atoms with van der Waals surface area (Å²) in [6.07, 6.45) is 2.16. The van der Waals surface area contributed by atoms with Crippen LogP contribution in [0.4, 0.5) is 0 Å². The van der Waals surface area contributed by atoms with Crippen molar-refractivity contribution in [3.05, 3.63) is 28.2 Å². The fourth-order valence-corrected chi connectivity index (χ4v) is 2.58. The summed E-state index contributed by atoms with van der Waals surface area (Å²) in [4.78, 5) is 2.15. The first kappa shape index (κ1) is 13.8. The van der Waals surface area contributed by atoms with Gasteiger partial charge in [-0.3, -0.25) is 4.90 Å². The lowest BCUT2D eigenvalue weighted by Crippen LogP contribution is -2.30. The second-order valence-electron chi connectivity index (χ2n) is 5.06. The number of nitrogens with zero attached hydrogens (tertiary/aromatic N) is 1. The Labute approximate surface area is 117 Å². The number of aliphatic hydroxyl groups is 1. The zero-order valence-corrected chi connectivity index (χ0v) is 12.5. The van der Waals surface area contributed by atoms with E-state index in [0.717, 1.165) is 28.9 Å². The molecule has 0 bridgehead atoms. The molecule has 1 saturated carbocycles. The van der Waals surface area contributed by atoms with E-state index in [9.17, 15) is 5.11 Å². The molecule has 0 spiro atoms. The van der Waals surface area contributed by atoms with Crippen LogP contribution >= 0.6 is 15.9 Å². The zero-order valence-electron chi connectivity index (χ0n) is 10.9. The third kappa shape index (κ3) is 3.70. The van der Waals surface area contributed by atoms with Crippen LogP contribution in [0.15, 0.2) is 22.7 Å². The standard InChI is InChI=1S/C14H20BrNO2/c1-16(9-13(17)10-3-4-10)8-11-7-12(15)5-6-14(11)18-2/h5-7,10,13,17H,3-4,8-9H2,1-2H3. The van der Waals surface area contributed by atoms with Gasteiger partial charge in [-0.05, 0) is 44.0 Å². The molecule has 2 rings (SSSR count). The molecule has 1 aromatic rings. The second-order valence-corrected chi connectivity index (χ2v) is 5.97. The molecule has 0 aliphatic heterocycles. The van der Waals surface area contributed by atoms with Gasteiger partial charge in [-0.2, -0.15) is 0 Å². The summed E-state index contributed by atoms with van der Waals surface area (Å²) >= 11 is 3.48. The van der Waals surface area contributed by atoms with Crippen LogP contribution in [-0.2, 0) is 6.54 Å². The van der Waals surface area contributed by atoms with Crippen LogP contribution in [0.25, 0.3) is 0 Å². The minimum atomic E-state index is -0.187. The quantitative estimate of drug-likeness (QED) is 0.876. The molecule has 0 heterocycles. The maximum atomic E-state index is 9.94. The molecule has 18 heavy (non-hydrogen) atoms. The van der Waals surface area contributed by atoms with Gasteiger partial charge in [-0.1, -0.05) is 15.9 Å². The van der Waals surface area contributed by atoms with E-state index in [0.29, 0.717) is 5.92 Å². The van der Waals surface area contributed by atoms with E-state index in [4.69, 9.17) is 4.74 Å².